The Hall–Kier alpha value is -4.53. The zero-order chi connectivity index (χ0) is 22.6. The normalized spacial score (nSPS) is 11.0. The Bertz CT molecular complexity index is 1470. The number of nitrogens with zero attached hydrogens (tertiary/aromatic N) is 5. The van der Waals surface area contributed by atoms with E-state index in [9.17, 15) is 9.59 Å². The first-order chi connectivity index (χ1) is 16.2. The summed E-state index contributed by atoms with van der Waals surface area (Å²) in [6, 6.07) is 19.9. The predicted octanol–water partition coefficient (Wildman–Crippen LogP) is 3.05. The summed E-state index contributed by atoms with van der Waals surface area (Å²) in [6.07, 6.45) is 3.93. The lowest BCUT2D eigenvalue weighted by Crippen LogP contribution is -2.26. The van der Waals surface area contributed by atoms with Gasteiger partial charge in [0, 0.05) is 30.6 Å². The molecule has 0 radical (unpaired) electrons. The summed E-state index contributed by atoms with van der Waals surface area (Å²) >= 11 is 0. The molecule has 0 aliphatic rings. The lowest BCUT2D eigenvalue weighted by atomic mass is 10.2. The van der Waals surface area contributed by atoms with Crippen molar-refractivity contribution in [3.05, 3.63) is 95.2 Å². The highest BCUT2D eigenvalue weighted by Crippen LogP contribution is 2.19. The molecule has 1 amide bonds. The lowest BCUT2D eigenvalue weighted by molar-refractivity contribution is -0.116. The number of imidazole rings is 1. The molecule has 0 saturated carbocycles. The second kappa shape index (κ2) is 8.91. The molecule has 0 unspecified atom stereocenters. The molecule has 9 heteroatoms. The van der Waals surface area contributed by atoms with Crippen LogP contribution in [0.2, 0.25) is 0 Å². The zero-order valence-electron chi connectivity index (χ0n) is 17.6. The number of benzene rings is 2. The zero-order valence-corrected chi connectivity index (χ0v) is 17.6. The van der Waals surface area contributed by atoms with Crippen molar-refractivity contribution in [2.45, 2.75) is 19.6 Å². The summed E-state index contributed by atoms with van der Waals surface area (Å²) < 4.78 is 8.97. The van der Waals surface area contributed by atoms with E-state index in [1.807, 2.05) is 41.1 Å². The van der Waals surface area contributed by atoms with Crippen LogP contribution in [0.3, 0.4) is 0 Å². The quantitative estimate of drug-likeness (QED) is 0.417. The number of carbonyl (C=O) groups is 1. The summed E-state index contributed by atoms with van der Waals surface area (Å²) in [5.41, 5.74) is 2.52. The van der Waals surface area contributed by atoms with Gasteiger partial charge in [-0.2, -0.15) is 0 Å². The Kier molecular flexibility index (Phi) is 5.50. The van der Waals surface area contributed by atoms with Crippen LogP contribution in [0.4, 0.5) is 5.69 Å². The van der Waals surface area contributed by atoms with Gasteiger partial charge in [0.15, 0.2) is 0 Å². The smallest absolute Gasteiger partial charge is 0.277 e. The molecular weight excluding hydrogens is 420 g/mol. The third kappa shape index (κ3) is 4.57. The molecule has 0 saturated heterocycles. The highest BCUT2D eigenvalue weighted by Gasteiger charge is 2.09. The monoisotopic (exact) mass is 440 g/mol. The second-order valence-electron chi connectivity index (χ2n) is 7.45. The molecule has 0 aliphatic heterocycles. The van der Waals surface area contributed by atoms with Gasteiger partial charge in [0.25, 0.3) is 5.56 Å². The first-order valence-corrected chi connectivity index (χ1v) is 10.4. The molecule has 1 N–H and O–H groups in total. The van der Waals surface area contributed by atoms with Gasteiger partial charge in [0.2, 0.25) is 5.91 Å². The summed E-state index contributed by atoms with van der Waals surface area (Å²) in [5.74, 6) is 0.371. The van der Waals surface area contributed by atoms with E-state index in [2.05, 4.69) is 20.6 Å². The van der Waals surface area contributed by atoms with Gasteiger partial charge in [-0.1, -0.05) is 29.5 Å². The molecule has 2 aromatic carbocycles. The van der Waals surface area contributed by atoms with Crippen LogP contribution in [0.1, 0.15) is 12.1 Å². The van der Waals surface area contributed by atoms with Crippen molar-refractivity contribution < 1.29 is 9.53 Å². The van der Waals surface area contributed by atoms with E-state index in [1.54, 1.807) is 42.5 Å². The number of carbonyl (C=O) groups excluding carboxylic acids is 1. The maximum absolute atomic E-state index is 12.5. The topological polar surface area (TPSA) is 103 Å². The van der Waals surface area contributed by atoms with Gasteiger partial charge in [-0.25, -0.2) is 9.67 Å². The Labute approximate surface area is 188 Å². The Morgan fingerprint density at radius 1 is 1.03 bits per heavy atom. The molecule has 5 aromatic rings. The number of amides is 1. The summed E-state index contributed by atoms with van der Waals surface area (Å²) in [5, 5.41) is 11.2. The van der Waals surface area contributed by atoms with Crippen LogP contribution in [0.25, 0.3) is 16.6 Å². The van der Waals surface area contributed by atoms with Crippen LogP contribution in [0.5, 0.6) is 5.75 Å². The fourth-order valence-corrected chi connectivity index (χ4v) is 3.48. The van der Waals surface area contributed by atoms with Crippen LogP contribution < -0.4 is 15.6 Å². The van der Waals surface area contributed by atoms with Gasteiger partial charge < -0.3 is 14.5 Å². The number of nitrogens with one attached hydrogen (secondary N) is 1. The van der Waals surface area contributed by atoms with E-state index in [-0.39, 0.29) is 24.4 Å². The van der Waals surface area contributed by atoms with Crippen molar-refractivity contribution in [2.75, 3.05) is 5.32 Å². The third-order valence-electron chi connectivity index (χ3n) is 5.10. The first-order valence-electron chi connectivity index (χ1n) is 10.4. The highest BCUT2D eigenvalue weighted by atomic mass is 16.5. The average Bonchev–Trinajstić information content (AvgIpc) is 3.26. The van der Waals surface area contributed by atoms with Crippen LogP contribution in [0.15, 0.2) is 83.9 Å². The minimum absolute atomic E-state index is 0.0826. The van der Waals surface area contributed by atoms with Crippen molar-refractivity contribution in [3.8, 4) is 5.75 Å². The number of aromatic nitrogens is 5. The summed E-state index contributed by atoms with van der Waals surface area (Å²) in [4.78, 5) is 29.4. The van der Waals surface area contributed by atoms with Crippen LogP contribution in [-0.4, -0.2) is 30.3 Å². The molecule has 3 aromatic heterocycles. The van der Waals surface area contributed by atoms with E-state index in [4.69, 9.17) is 4.74 Å². The fourth-order valence-electron chi connectivity index (χ4n) is 3.48. The maximum Gasteiger partial charge on any atom is 0.277 e. The van der Waals surface area contributed by atoms with E-state index < -0.39 is 0 Å². The molecule has 33 heavy (non-hydrogen) atoms. The molecule has 0 atom stereocenters. The van der Waals surface area contributed by atoms with E-state index >= 15 is 0 Å². The first kappa shape index (κ1) is 20.4. The number of aryl methyl sites for hydroxylation is 1. The molecule has 0 spiro atoms. The lowest BCUT2D eigenvalue weighted by Gasteiger charge is -2.09. The van der Waals surface area contributed by atoms with Gasteiger partial charge in [0.05, 0.1) is 17.6 Å². The molecule has 5 rings (SSSR count). The van der Waals surface area contributed by atoms with Gasteiger partial charge >= 0.3 is 0 Å². The number of anilines is 1. The van der Waals surface area contributed by atoms with E-state index in [0.717, 1.165) is 11.3 Å². The molecule has 0 bridgehead atoms. The Morgan fingerprint density at radius 3 is 2.82 bits per heavy atom. The Morgan fingerprint density at radius 2 is 1.91 bits per heavy atom. The van der Waals surface area contributed by atoms with E-state index in [0.29, 0.717) is 28.9 Å². The summed E-state index contributed by atoms with van der Waals surface area (Å²) in [6.45, 7) is 0.440. The third-order valence-corrected chi connectivity index (χ3v) is 5.10. The molecule has 0 fully saturated rings. The van der Waals surface area contributed by atoms with Crippen LogP contribution in [-0.2, 0) is 17.9 Å². The molecule has 9 nitrogen and oxygen atoms in total. The predicted molar refractivity (Wildman–Crippen MR) is 123 cm³/mol. The van der Waals surface area contributed by atoms with Crippen molar-refractivity contribution >= 4 is 28.1 Å². The van der Waals surface area contributed by atoms with Gasteiger partial charge in [-0.3, -0.25) is 9.59 Å². The average molecular weight is 440 g/mol. The number of rotatable bonds is 7. The van der Waals surface area contributed by atoms with Gasteiger partial charge in [0.1, 0.15) is 23.5 Å². The number of hydrogen-bond acceptors (Lipinski definition) is 6. The minimum atomic E-state index is -0.268. The van der Waals surface area contributed by atoms with Crippen molar-refractivity contribution in [2.24, 2.45) is 0 Å². The van der Waals surface area contributed by atoms with Crippen LogP contribution >= 0.6 is 0 Å². The number of ether oxygens (including phenoxy) is 1. The fraction of sp³-hybridized carbons (Fsp3) is 0.125. The summed E-state index contributed by atoms with van der Waals surface area (Å²) in [7, 11) is 0. The largest absolute Gasteiger partial charge is 0.487 e. The molecule has 3 heterocycles. The van der Waals surface area contributed by atoms with Crippen molar-refractivity contribution in [3.63, 3.8) is 0 Å². The number of hydrogen-bond donors (Lipinski definition) is 1. The molecular formula is C24H20N6O3. The maximum atomic E-state index is 12.5. The number of pyridine rings is 1. The van der Waals surface area contributed by atoms with E-state index in [1.165, 1.54) is 4.68 Å². The van der Waals surface area contributed by atoms with Gasteiger partial charge in [-0.15, -0.1) is 5.10 Å². The van der Waals surface area contributed by atoms with Crippen molar-refractivity contribution in [1.82, 2.24) is 24.4 Å². The standard InChI is InChI=1S/C24H20N6O3/c31-23(11-13-30-24(32)20-8-1-2-9-21(20)27-28-30)26-17-6-5-7-19(14-17)33-16-18-15-29-12-4-3-10-22(29)25-18/h1-10,12,14-15H,11,13,16H2,(H,26,31). The highest BCUT2D eigenvalue weighted by molar-refractivity contribution is 5.90. The number of fused-ring (bicyclic) bond motifs is 2. The second-order valence-corrected chi connectivity index (χ2v) is 7.45. The Balaban J connectivity index is 1.19. The van der Waals surface area contributed by atoms with Gasteiger partial charge in [-0.05, 0) is 36.4 Å². The van der Waals surface area contributed by atoms with Crippen LogP contribution in [0, 0.1) is 0 Å². The SMILES string of the molecule is O=C(CCn1nnc2ccccc2c1=O)Nc1cccc(OCc2cn3ccccc3n2)c1. The molecule has 164 valence electrons. The minimum Gasteiger partial charge on any atom is -0.487 e. The molecule has 0 aliphatic carbocycles. The van der Waals surface area contributed by atoms with Crippen molar-refractivity contribution in [1.29, 1.82) is 0 Å².